The molecule has 27 heavy (non-hydrogen) atoms. The summed E-state index contributed by atoms with van der Waals surface area (Å²) in [4.78, 5) is 11.9. The fourth-order valence-electron chi connectivity index (χ4n) is 2.48. The number of anilines is 1. The summed E-state index contributed by atoms with van der Waals surface area (Å²) in [6.45, 7) is 1.60. The Labute approximate surface area is 156 Å². The van der Waals surface area contributed by atoms with Gasteiger partial charge in [-0.05, 0) is 60.5 Å². The first-order valence-corrected chi connectivity index (χ1v) is 9.53. The molecule has 0 aliphatic heterocycles. The zero-order chi connectivity index (χ0) is 19.4. The number of hydrogen-bond acceptors (Lipinski definition) is 4. The van der Waals surface area contributed by atoms with Crippen LogP contribution in [0, 0.1) is 12.7 Å². The van der Waals surface area contributed by atoms with Gasteiger partial charge in [-0.2, -0.15) is 0 Å². The van der Waals surface area contributed by atoms with Crippen molar-refractivity contribution in [2.24, 2.45) is 0 Å². The van der Waals surface area contributed by atoms with Crippen LogP contribution >= 0.6 is 0 Å². The average molecular weight is 388 g/mol. The number of carbonyl (C=O) groups is 1. The van der Waals surface area contributed by atoms with E-state index in [2.05, 4.69) is 10.0 Å². The molecule has 2 N–H and O–H groups in total. The number of halogens is 1. The van der Waals surface area contributed by atoms with Crippen LogP contribution in [0.5, 0.6) is 0 Å². The Bertz CT molecular complexity index is 1050. The van der Waals surface area contributed by atoms with E-state index in [0.717, 1.165) is 6.07 Å². The van der Waals surface area contributed by atoms with Crippen molar-refractivity contribution < 1.29 is 22.0 Å². The van der Waals surface area contributed by atoms with Gasteiger partial charge in [-0.15, -0.1) is 0 Å². The number of hydrogen-bond donors (Lipinski definition) is 2. The predicted molar refractivity (Wildman–Crippen MR) is 98.3 cm³/mol. The van der Waals surface area contributed by atoms with E-state index in [1.54, 1.807) is 36.4 Å². The van der Waals surface area contributed by atoms with E-state index in [4.69, 9.17) is 4.42 Å². The normalized spacial score (nSPS) is 11.3. The number of nitrogens with one attached hydrogen (secondary N) is 2. The van der Waals surface area contributed by atoms with Crippen molar-refractivity contribution in [1.29, 1.82) is 0 Å². The maximum Gasteiger partial charge on any atom is 0.291 e. The second kappa shape index (κ2) is 7.73. The Hall–Kier alpha value is -2.97. The standard InChI is InChI=1S/C19H17FN2O4S/c1-13-11-15(20)6-9-18(13)27(24,25)21-12-14-4-7-16(8-5-14)22-19(23)17-3-2-10-26-17/h2-11,21H,12H2,1H3,(H,22,23). The Morgan fingerprint density at radius 3 is 2.48 bits per heavy atom. The fourth-order valence-corrected chi connectivity index (χ4v) is 3.72. The van der Waals surface area contributed by atoms with Crippen LogP contribution in [-0.4, -0.2) is 14.3 Å². The second-order valence-corrected chi connectivity index (χ2v) is 7.60. The van der Waals surface area contributed by atoms with Gasteiger partial charge < -0.3 is 9.73 Å². The van der Waals surface area contributed by atoms with Gasteiger partial charge in [0.1, 0.15) is 5.82 Å². The van der Waals surface area contributed by atoms with Crippen molar-refractivity contribution in [3.63, 3.8) is 0 Å². The van der Waals surface area contributed by atoms with Crippen LogP contribution in [0.4, 0.5) is 10.1 Å². The van der Waals surface area contributed by atoms with Gasteiger partial charge in [0.15, 0.2) is 5.76 Å². The first-order chi connectivity index (χ1) is 12.8. The Morgan fingerprint density at radius 2 is 1.85 bits per heavy atom. The van der Waals surface area contributed by atoms with E-state index in [0.29, 0.717) is 16.8 Å². The lowest BCUT2D eigenvalue weighted by atomic mass is 10.2. The van der Waals surface area contributed by atoms with Crippen molar-refractivity contribution in [1.82, 2.24) is 4.72 Å². The Kier molecular flexibility index (Phi) is 5.38. The summed E-state index contributed by atoms with van der Waals surface area (Å²) >= 11 is 0. The van der Waals surface area contributed by atoms with Crippen molar-refractivity contribution in [3.05, 3.63) is 83.6 Å². The minimum absolute atomic E-state index is 0.0335. The number of amides is 1. The molecular formula is C19H17FN2O4S. The molecule has 0 aliphatic rings. The number of sulfonamides is 1. The van der Waals surface area contributed by atoms with Gasteiger partial charge in [0.2, 0.25) is 10.0 Å². The summed E-state index contributed by atoms with van der Waals surface area (Å²) < 4.78 is 45.4. The van der Waals surface area contributed by atoms with E-state index in [1.807, 2.05) is 0 Å². The zero-order valence-corrected chi connectivity index (χ0v) is 15.2. The molecule has 1 aromatic heterocycles. The highest BCUT2D eigenvalue weighted by molar-refractivity contribution is 7.89. The van der Waals surface area contributed by atoms with E-state index in [9.17, 15) is 17.6 Å². The first kappa shape index (κ1) is 18.8. The highest BCUT2D eigenvalue weighted by atomic mass is 32.2. The molecule has 140 valence electrons. The van der Waals surface area contributed by atoms with Gasteiger partial charge in [-0.3, -0.25) is 4.79 Å². The fraction of sp³-hybridized carbons (Fsp3) is 0.105. The molecule has 0 spiro atoms. The molecule has 1 amide bonds. The SMILES string of the molecule is Cc1cc(F)ccc1S(=O)(=O)NCc1ccc(NC(=O)c2ccco2)cc1. The molecule has 0 fully saturated rings. The average Bonchev–Trinajstić information content (AvgIpc) is 3.16. The highest BCUT2D eigenvalue weighted by Crippen LogP contribution is 2.17. The van der Waals surface area contributed by atoms with Gasteiger partial charge in [0, 0.05) is 12.2 Å². The van der Waals surface area contributed by atoms with Gasteiger partial charge >= 0.3 is 0 Å². The van der Waals surface area contributed by atoms with Crippen molar-refractivity contribution in [3.8, 4) is 0 Å². The van der Waals surface area contributed by atoms with Crippen LogP contribution in [0.3, 0.4) is 0 Å². The van der Waals surface area contributed by atoms with Crippen LogP contribution in [0.1, 0.15) is 21.7 Å². The molecule has 0 aliphatic carbocycles. The topological polar surface area (TPSA) is 88.4 Å². The summed E-state index contributed by atoms with van der Waals surface area (Å²) in [6.07, 6.45) is 1.41. The molecule has 0 bridgehead atoms. The molecule has 0 saturated carbocycles. The zero-order valence-electron chi connectivity index (χ0n) is 14.4. The summed E-state index contributed by atoms with van der Waals surface area (Å²) in [6, 6.07) is 13.4. The molecule has 0 atom stereocenters. The predicted octanol–water partition coefficient (Wildman–Crippen LogP) is 3.46. The largest absolute Gasteiger partial charge is 0.459 e. The molecule has 3 aromatic rings. The van der Waals surface area contributed by atoms with Crippen LogP contribution in [0.2, 0.25) is 0 Å². The molecule has 6 nitrogen and oxygen atoms in total. The third-order valence-electron chi connectivity index (χ3n) is 3.85. The molecule has 0 unspecified atom stereocenters. The highest BCUT2D eigenvalue weighted by Gasteiger charge is 2.17. The smallest absolute Gasteiger partial charge is 0.291 e. The van der Waals surface area contributed by atoms with Crippen LogP contribution in [-0.2, 0) is 16.6 Å². The molecule has 1 heterocycles. The van der Waals surface area contributed by atoms with Crippen molar-refractivity contribution >= 4 is 21.6 Å². The van der Waals surface area contributed by atoms with Crippen molar-refractivity contribution in [2.45, 2.75) is 18.4 Å². The summed E-state index contributed by atoms with van der Waals surface area (Å²) in [5, 5.41) is 2.68. The quantitative estimate of drug-likeness (QED) is 0.677. The van der Waals surface area contributed by atoms with E-state index in [1.165, 1.54) is 25.3 Å². The lowest BCUT2D eigenvalue weighted by molar-refractivity contribution is 0.0996. The number of furan rings is 1. The lowest BCUT2D eigenvalue weighted by Crippen LogP contribution is -2.24. The number of benzene rings is 2. The molecule has 0 saturated heterocycles. The van der Waals surface area contributed by atoms with E-state index in [-0.39, 0.29) is 23.1 Å². The summed E-state index contributed by atoms with van der Waals surface area (Å²) in [5.74, 6) is -0.666. The molecule has 2 aromatic carbocycles. The summed E-state index contributed by atoms with van der Waals surface area (Å²) in [5.41, 5.74) is 1.59. The lowest BCUT2D eigenvalue weighted by Gasteiger charge is -2.10. The van der Waals surface area contributed by atoms with Crippen LogP contribution in [0.15, 0.2) is 70.2 Å². The molecular weight excluding hydrogens is 371 g/mol. The first-order valence-electron chi connectivity index (χ1n) is 8.05. The van der Waals surface area contributed by atoms with E-state index < -0.39 is 15.8 Å². The maximum atomic E-state index is 13.2. The van der Waals surface area contributed by atoms with Gasteiger partial charge in [0.25, 0.3) is 5.91 Å². The monoisotopic (exact) mass is 388 g/mol. The van der Waals surface area contributed by atoms with Crippen molar-refractivity contribution in [2.75, 3.05) is 5.32 Å². The third-order valence-corrected chi connectivity index (χ3v) is 5.41. The van der Waals surface area contributed by atoms with Crippen LogP contribution in [0.25, 0.3) is 0 Å². The van der Waals surface area contributed by atoms with Gasteiger partial charge in [-0.25, -0.2) is 17.5 Å². The van der Waals surface area contributed by atoms with Crippen LogP contribution < -0.4 is 10.0 Å². The maximum absolute atomic E-state index is 13.2. The minimum Gasteiger partial charge on any atom is -0.459 e. The number of aryl methyl sites for hydroxylation is 1. The Balaban J connectivity index is 1.63. The number of rotatable bonds is 6. The second-order valence-electron chi connectivity index (χ2n) is 5.86. The van der Waals surface area contributed by atoms with Gasteiger partial charge in [-0.1, -0.05) is 12.1 Å². The minimum atomic E-state index is -3.76. The molecule has 0 radical (unpaired) electrons. The molecule has 8 heteroatoms. The Morgan fingerprint density at radius 1 is 1.11 bits per heavy atom. The number of carbonyl (C=O) groups excluding carboxylic acids is 1. The molecule has 3 rings (SSSR count). The third kappa shape index (κ3) is 4.60. The van der Waals surface area contributed by atoms with E-state index >= 15 is 0 Å². The van der Waals surface area contributed by atoms with Gasteiger partial charge in [0.05, 0.1) is 11.2 Å². The summed E-state index contributed by atoms with van der Waals surface area (Å²) in [7, 11) is -3.76.